The van der Waals surface area contributed by atoms with Crippen LogP contribution in [0.25, 0.3) is 6.08 Å². The molecule has 1 aromatic heterocycles. The molecule has 0 spiro atoms. The number of hydrogen-bond donors (Lipinski definition) is 1. The van der Waals surface area contributed by atoms with Gasteiger partial charge in [0.2, 0.25) is 0 Å². The van der Waals surface area contributed by atoms with Crippen molar-refractivity contribution in [1.29, 1.82) is 0 Å². The molecule has 0 atom stereocenters. The highest BCUT2D eigenvalue weighted by Gasteiger charge is 2.07. The number of nitrogens with zero attached hydrogens (tertiary/aromatic N) is 1. The fourth-order valence-corrected chi connectivity index (χ4v) is 2.14. The molecule has 1 heterocycles. The first-order valence-electron chi connectivity index (χ1n) is 5.50. The zero-order chi connectivity index (χ0) is 13.1. The summed E-state index contributed by atoms with van der Waals surface area (Å²) in [6.07, 6.45) is 3.09. The Bertz CT molecular complexity index is 614. The van der Waals surface area contributed by atoms with Gasteiger partial charge in [-0.15, -0.1) is 11.3 Å². The van der Waals surface area contributed by atoms with E-state index < -0.39 is 0 Å². The summed E-state index contributed by atoms with van der Waals surface area (Å²) in [5.74, 6) is -0.211. The fraction of sp³-hybridized carbons (Fsp3) is 0.143. The average Bonchev–Trinajstić information content (AvgIpc) is 2.72. The lowest BCUT2D eigenvalue weighted by Crippen LogP contribution is -1.95. The summed E-state index contributed by atoms with van der Waals surface area (Å²) in [6.45, 7) is 3.78. The van der Waals surface area contributed by atoms with E-state index in [9.17, 15) is 9.90 Å². The van der Waals surface area contributed by atoms with Gasteiger partial charge in [0, 0.05) is 5.38 Å². The summed E-state index contributed by atoms with van der Waals surface area (Å²) in [4.78, 5) is 16.1. The van der Waals surface area contributed by atoms with Crippen LogP contribution in [0, 0.1) is 13.8 Å². The first-order chi connectivity index (χ1) is 8.56. The van der Waals surface area contributed by atoms with Gasteiger partial charge in [0.1, 0.15) is 5.75 Å². The molecule has 1 N–H and O–H groups in total. The number of phenolic OH excluding ortho intramolecular Hbond substituents is 1. The molecule has 92 valence electrons. The van der Waals surface area contributed by atoms with Crippen LogP contribution >= 0.6 is 11.3 Å². The molecule has 0 aliphatic heterocycles. The predicted molar refractivity (Wildman–Crippen MR) is 73.1 cm³/mol. The van der Waals surface area contributed by atoms with Gasteiger partial charge in [0.05, 0.1) is 16.3 Å². The molecule has 0 bridgehead atoms. The van der Waals surface area contributed by atoms with Crippen LogP contribution in [0.15, 0.2) is 29.7 Å². The Kier molecular flexibility index (Phi) is 3.58. The molecule has 4 heteroatoms. The van der Waals surface area contributed by atoms with Gasteiger partial charge >= 0.3 is 0 Å². The van der Waals surface area contributed by atoms with Gasteiger partial charge in [-0.3, -0.25) is 4.79 Å². The minimum absolute atomic E-state index is 0.0131. The lowest BCUT2D eigenvalue weighted by atomic mass is 10.1. The quantitative estimate of drug-likeness (QED) is 0.679. The van der Waals surface area contributed by atoms with Crippen molar-refractivity contribution in [2.45, 2.75) is 13.8 Å². The zero-order valence-corrected chi connectivity index (χ0v) is 11.0. The minimum atomic E-state index is -0.224. The highest BCUT2D eigenvalue weighted by molar-refractivity contribution is 7.09. The average molecular weight is 259 g/mol. The lowest BCUT2D eigenvalue weighted by molar-refractivity contribution is 0.104. The first kappa shape index (κ1) is 12.5. The van der Waals surface area contributed by atoms with Crippen LogP contribution in [0.3, 0.4) is 0 Å². The smallest absolute Gasteiger partial charge is 0.189 e. The Balaban J connectivity index is 2.19. The summed E-state index contributed by atoms with van der Waals surface area (Å²) in [7, 11) is 0. The van der Waals surface area contributed by atoms with Crippen molar-refractivity contribution in [1.82, 2.24) is 4.98 Å². The molecule has 0 aliphatic carbocycles. The van der Waals surface area contributed by atoms with E-state index >= 15 is 0 Å². The maximum absolute atomic E-state index is 11.9. The van der Waals surface area contributed by atoms with Crippen molar-refractivity contribution in [3.63, 3.8) is 0 Å². The van der Waals surface area contributed by atoms with Crippen molar-refractivity contribution in [3.8, 4) is 5.75 Å². The Hall–Kier alpha value is -1.94. The van der Waals surface area contributed by atoms with E-state index in [2.05, 4.69) is 4.98 Å². The molecule has 0 radical (unpaired) electrons. The van der Waals surface area contributed by atoms with Crippen LogP contribution in [0.4, 0.5) is 0 Å². The summed E-state index contributed by atoms with van der Waals surface area (Å²) in [5, 5.41) is 12.5. The first-order valence-corrected chi connectivity index (χ1v) is 6.38. The number of aromatic hydroxyl groups is 1. The molecule has 0 saturated carbocycles. The maximum Gasteiger partial charge on any atom is 0.189 e. The van der Waals surface area contributed by atoms with E-state index in [-0.39, 0.29) is 11.5 Å². The third-order valence-electron chi connectivity index (χ3n) is 2.46. The SMILES string of the molecule is Cc1ccc(C(=O)/C=C/c2csc(C)n2)c(O)c1. The molecule has 0 fully saturated rings. The Morgan fingerprint density at radius 1 is 1.39 bits per heavy atom. The number of thiazole rings is 1. The third-order valence-corrected chi connectivity index (χ3v) is 3.25. The number of allylic oxidation sites excluding steroid dienone is 1. The van der Waals surface area contributed by atoms with E-state index in [1.165, 1.54) is 17.4 Å². The van der Waals surface area contributed by atoms with Crippen LogP contribution in [-0.2, 0) is 0 Å². The molecule has 0 aliphatic rings. The number of ketones is 1. The highest BCUT2D eigenvalue weighted by atomic mass is 32.1. The van der Waals surface area contributed by atoms with Gasteiger partial charge in [-0.1, -0.05) is 6.07 Å². The Morgan fingerprint density at radius 3 is 2.78 bits per heavy atom. The second-order valence-corrected chi connectivity index (χ2v) is 5.07. The highest BCUT2D eigenvalue weighted by Crippen LogP contribution is 2.19. The molecular weight excluding hydrogens is 246 g/mol. The number of phenols is 1. The van der Waals surface area contributed by atoms with Crippen LogP contribution < -0.4 is 0 Å². The number of hydrogen-bond acceptors (Lipinski definition) is 4. The van der Waals surface area contributed by atoms with Gasteiger partial charge in [0.25, 0.3) is 0 Å². The lowest BCUT2D eigenvalue weighted by Gasteiger charge is -2.01. The standard InChI is InChI=1S/C14H13NO2S/c1-9-3-5-12(14(17)7-9)13(16)6-4-11-8-18-10(2)15-11/h3-8,17H,1-2H3/b6-4+. The predicted octanol–water partition coefficient (Wildman–Crippen LogP) is 3.36. The normalized spacial score (nSPS) is 11.0. The van der Waals surface area contributed by atoms with Crippen LogP contribution in [-0.4, -0.2) is 15.9 Å². The maximum atomic E-state index is 11.9. The summed E-state index contributed by atoms with van der Waals surface area (Å²) < 4.78 is 0. The molecule has 2 rings (SSSR count). The Morgan fingerprint density at radius 2 is 2.17 bits per heavy atom. The largest absolute Gasteiger partial charge is 0.507 e. The minimum Gasteiger partial charge on any atom is -0.507 e. The monoisotopic (exact) mass is 259 g/mol. The number of rotatable bonds is 3. The van der Waals surface area contributed by atoms with Crippen molar-refractivity contribution in [2.24, 2.45) is 0 Å². The van der Waals surface area contributed by atoms with E-state index in [1.807, 2.05) is 19.2 Å². The van der Waals surface area contributed by atoms with Gasteiger partial charge in [-0.25, -0.2) is 4.98 Å². The molecule has 0 unspecified atom stereocenters. The molecule has 2 aromatic rings. The van der Waals surface area contributed by atoms with E-state index in [4.69, 9.17) is 0 Å². The molecular formula is C14H13NO2S. The number of aryl methyl sites for hydroxylation is 2. The number of aromatic nitrogens is 1. The zero-order valence-electron chi connectivity index (χ0n) is 10.2. The van der Waals surface area contributed by atoms with Gasteiger partial charge in [0.15, 0.2) is 5.78 Å². The second-order valence-electron chi connectivity index (χ2n) is 4.01. The van der Waals surface area contributed by atoms with Gasteiger partial charge < -0.3 is 5.11 Å². The van der Waals surface area contributed by atoms with Crippen LogP contribution in [0.5, 0.6) is 5.75 Å². The fourth-order valence-electron chi connectivity index (χ4n) is 1.56. The number of benzene rings is 1. The summed E-state index contributed by atoms with van der Waals surface area (Å²) in [6, 6.07) is 5.01. The molecule has 18 heavy (non-hydrogen) atoms. The van der Waals surface area contributed by atoms with Crippen LogP contribution in [0.2, 0.25) is 0 Å². The topological polar surface area (TPSA) is 50.2 Å². The summed E-state index contributed by atoms with van der Waals surface area (Å²) >= 11 is 1.53. The number of carbonyl (C=O) groups is 1. The van der Waals surface area contributed by atoms with Crippen LogP contribution in [0.1, 0.15) is 26.6 Å². The van der Waals surface area contributed by atoms with Crippen molar-refractivity contribution in [2.75, 3.05) is 0 Å². The molecule has 0 saturated heterocycles. The van der Waals surface area contributed by atoms with Gasteiger partial charge in [-0.05, 0) is 43.7 Å². The summed E-state index contributed by atoms with van der Waals surface area (Å²) in [5.41, 5.74) is 1.99. The van der Waals surface area contributed by atoms with Crippen molar-refractivity contribution in [3.05, 3.63) is 51.5 Å². The molecule has 1 aromatic carbocycles. The molecule has 0 amide bonds. The number of carbonyl (C=O) groups excluding carboxylic acids is 1. The second kappa shape index (κ2) is 5.14. The third kappa shape index (κ3) is 2.84. The Labute approximate surface area is 109 Å². The van der Waals surface area contributed by atoms with Crippen molar-refractivity contribution < 1.29 is 9.90 Å². The van der Waals surface area contributed by atoms with E-state index in [1.54, 1.807) is 24.3 Å². The van der Waals surface area contributed by atoms with E-state index in [0.29, 0.717) is 5.56 Å². The molecule has 3 nitrogen and oxygen atoms in total. The van der Waals surface area contributed by atoms with E-state index in [0.717, 1.165) is 16.3 Å². The van der Waals surface area contributed by atoms with Crippen molar-refractivity contribution >= 4 is 23.2 Å². The van der Waals surface area contributed by atoms with Gasteiger partial charge in [-0.2, -0.15) is 0 Å².